The molecule has 1 N–H and O–H groups in total. The first-order chi connectivity index (χ1) is 9.56. The number of pyridine rings is 1. The highest BCUT2D eigenvalue weighted by atomic mass is 35.5. The predicted octanol–water partition coefficient (Wildman–Crippen LogP) is 4.52. The maximum atomic E-state index is 10.4. The van der Waals surface area contributed by atoms with Gasteiger partial charge in [0, 0.05) is 11.6 Å². The maximum absolute atomic E-state index is 10.4. The monoisotopic (exact) mass is 307 g/mol. The standard InChI is InChI=1S/C15H11Cl2NO2/c1-8-3-2-4-9-5-12(20-15(8)9)14(19)13-11(17)6-10(16)7-18-13/h2-7,14,19H,1H3. The molecular weight excluding hydrogens is 297 g/mol. The number of furan rings is 1. The molecule has 5 heteroatoms. The van der Waals surface area contributed by atoms with Crippen LogP contribution in [0.25, 0.3) is 11.0 Å². The summed E-state index contributed by atoms with van der Waals surface area (Å²) in [5.74, 6) is 0.408. The number of hydrogen-bond acceptors (Lipinski definition) is 3. The van der Waals surface area contributed by atoms with Crippen molar-refractivity contribution in [2.45, 2.75) is 13.0 Å². The quantitative estimate of drug-likeness (QED) is 0.757. The average Bonchev–Trinajstić information content (AvgIpc) is 2.83. The van der Waals surface area contributed by atoms with Crippen molar-refractivity contribution in [3.8, 4) is 0 Å². The Labute approximate surface area is 125 Å². The van der Waals surface area contributed by atoms with Crippen molar-refractivity contribution >= 4 is 34.2 Å². The van der Waals surface area contributed by atoms with E-state index in [1.54, 1.807) is 12.1 Å². The number of aliphatic hydroxyl groups is 1. The van der Waals surface area contributed by atoms with Crippen LogP contribution in [0.5, 0.6) is 0 Å². The predicted molar refractivity (Wildman–Crippen MR) is 79.3 cm³/mol. The molecule has 0 aliphatic heterocycles. The number of rotatable bonds is 2. The number of aryl methyl sites for hydroxylation is 1. The Hall–Kier alpha value is -1.55. The van der Waals surface area contributed by atoms with Crippen molar-refractivity contribution in [1.29, 1.82) is 0 Å². The second-order valence-electron chi connectivity index (χ2n) is 4.57. The number of nitrogens with zero attached hydrogens (tertiary/aromatic N) is 1. The third kappa shape index (κ3) is 2.29. The normalized spacial score (nSPS) is 12.8. The lowest BCUT2D eigenvalue weighted by Gasteiger charge is -2.08. The number of halogens is 2. The zero-order chi connectivity index (χ0) is 14.3. The number of aromatic nitrogens is 1. The Morgan fingerprint density at radius 1 is 1.25 bits per heavy atom. The molecule has 0 amide bonds. The van der Waals surface area contributed by atoms with E-state index in [9.17, 15) is 5.11 Å². The van der Waals surface area contributed by atoms with Crippen LogP contribution in [0.15, 0.2) is 40.9 Å². The smallest absolute Gasteiger partial charge is 0.155 e. The van der Waals surface area contributed by atoms with Gasteiger partial charge in [-0.05, 0) is 24.6 Å². The summed E-state index contributed by atoms with van der Waals surface area (Å²) in [5, 5.41) is 12.0. The molecule has 102 valence electrons. The van der Waals surface area contributed by atoms with Crippen LogP contribution < -0.4 is 0 Å². The minimum absolute atomic E-state index is 0.308. The molecule has 1 unspecified atom stereocenters. The molecule has 0 radical (unpaired) electrons. The minimum atomic E-state index is -1.02. The Balaban J connectivity index is 2.08. The third-order valence-corrected chi connectivity index (χ3v) is 3.63. The van der Waals surface area contributed by atoms with Crippen molar-refractivity contribution in [3.63, 3.8) is 0 Å². The molecule has 0 aliphatic rings. The zero-order valence-corrected chi connectivity index (χ0v) is 12.1. The fraction of sp³-hybridized carbons (Fsp3) is 0.133. The van der Waals surface area contributed by atoms with Gasteiger partial charge in [0.05, 0.1) is 15.7 Å². The highest BCUT2D eigenvalue weighted by Crippen LogP contribution is 2.32. The van der Waals surface area contributed by atoms with Gasteiger partial charge in [-0.2, -0.15) is 0 Å². The molecule has 0 fully saturated rings. The van der Waals surface area contributed by atoms with E-state index in [0.29, 0.717) is 21.5 Å². The summed E-state index contributed by atoms with van der Waals surface area (Å²) in [6, 6.07) is 9.16. The van der Waals surface area contributed by atoms with Gasteiger partial charge >= 0.3 is 0 Å². The van der Waals surface area contributed by atoms with Crippen LogP contribution in [0.4, 0.5) is 0 Å². The number of aliphatic hydroxyl groups excluding tert-OH is 1. The number of benzene rings is 1. The molecule has 0 saturated carbocycles. The van der Waals surface area contributed by atoms with Crippen molar-refractivity contribution in [3.05, 3.63) is 63.6 Å². The summed E-state index contributed by atoms with van der Waals surface area (Å²) in [5.41, 5.74) is 2.09. The summed E-state index contributed by atoms with van der Waals surface area (Å²) in [7, 11) is 0. The van der Waals surface area contributed by atoms with Crippen molar-refractivity contribution < 1.29 is 9.52 Å². The molecule has 0 bridgehead atoms. The lowest BCUT2D eigenvalue weighted by molar-refractivity contribution is 0.188. The largest absolute Gasteiger partial charge is 0.458 e. The van der Waals surface area contributed by atoms with Gasteiger partial charge in [0.15, 0.2) is 6.10 Å². The first-order valence-corrected chi connectivity index (χ1v) is 6.80. The van der Waals surface area contributed by atoms with E-state index in [2.05, 4.69) is 4.98 Å². The van der Waals surface area contributed by atoms with E-state index in [-0.39, 0.29) is 0 Å². The first kappa shape index (κ1) is 13.4. The fourth-order valence-corrected chi connectivity index (χ4v) is 2.61. The number of hydrogen-bond donors (Lipinski definition) is 1. The maximum Gasteiger partial charge on any atom is 0.155 e. The Kier molecular flexibility index (Phi) is 3.42. The van der Waals surface area contributed by atoms with Gasteiger partial charge in [-0.25, -0.2) is 0 Å². The minimum Gasteiger partial charge on any atom is -0.458 e. The molecule has 3 aromatic rings. The van der Waals surface area contributed by atoms with Crippen molar-refractivity contribution in [2.75, 3.05) is 0 Å². The SMILES string of the molecule is Cc1cccc2cc(C(O)c3ncc(Cl)cc3Cl)oc12. The first-order valence-electron chi connectivity index (χ1n) is 6.04. The van der Waals surface area contributed by atoms with E-state index >= 15 is 0 Å². The van der Waals surface area contributed by atoms with Gasteiger partial charge in [-0.15, -0.1) is 0 Å². The molecule has 20 heavy (non-hydrogen) atoms. The second-order valence-corrected chi connectivity index (χ2v) is 5.41. The second kappa shape index (κ2) is 5.09. The zero-order valence-electron chi connectivity index (χ0n) is 10.6. The summed E-state index contributed by atoms with van der Waals surface area (Å²) in [6.45, 7) is 1.95. The number of para-hydroxylation sites is 1. The third-order valence-electron chi connectivity index (χ3n) is 3.12. The number of fused-ring (bicyclic) bond motifs is 1. The van der Waals surface area contributed by atoms with Crippen LogP contribution in [0.2, 0.25) is 10.0 Å². The van der Waals surface area contributed by atoms with Crippen LogP contribution in [0.3, 0.4) is 0 Å². The molecular formula is C15H11Cl2NO2. The Morgan fingerprint density at radius 2 is 2.05 bits per heavy atom. The molecule has 2 heterocycles. The molecule has 0 spiro atoms. The van der Waals surface area contributed by atoms with E-state index in [1.165, 1.54) is 6.20 Å². The van der Waals surface area contributed by atoms with Crippen LogP contribution in [0.1, 0.15) is 23.1 Å². The van der Waals surface area contributed by atoms with Crippen LogP contribution in [0, 0.1) is 6.92 Å². The van der Waals surface area contributed by atoms with Gasteiger partial charge in [-0.3, -0.25) is 4.98 Å². The molecule has 1 aromatic carbocycles. The van der Waals surface area contributed by atoms with Crippen LogP contribution in [-0.4, -0.2) is 10.1 Å². The van der Waals surface area contributed by atoms with Gasteiger partial charge in [0.25, 0.3) is 0 Å². The molecule has 2 aromatic heterocycles. The molecule has 1 atom stereocenters. The molecule has 0 aliphatic carbocycles. The topological polar surface area (TPSA) is 46.3 Å². The highest BCUT2D eigenvalue weighted by Gasteiger charge is 2.20. The van der Waals surface area contributed by atoms with Gasteiger partial charge in [0.1, 0.15) is 11.3 Å². The summed E-state index contributed by atoms with van der Waals surface area (Å²) < 4.78 is 5.72. The Bertz CT molecular complexity index is 783. The van der Waals surface area contributed by atoms with Crippen molar-refractivity contribution in [2.24, 2.45) is 0 Å². The highest BCUT2D eigenvalue weighted by molar-refractivity contribution is 6.34. The summed E-state index contributed by atoms with van der Waals surface area (Å²) >= 11 is 11.9. The van der Waals surface area contributed by atoms with Crippen LogP contribution >= 0.6 is 23.2 Å². The van der Waals surface area contributed by atoms with Crippen LogP contribution in [-0.2, 0) is 0 Å². The van der Waals surface area contributed by atoms with Crippen molar-refractivity contribution in [1.82, 2.24) is 4.98 Å². The molecule has 3 nitrogen and oxygen atoms in total. The van der Waals surface area contributed by atoms with E-state index in [1.807, 2.05) is 25.1 Å². The summed E-state index contributed by atoms with van der Waals surface area (Å²) in [4.78, 5) is 4.07. The van der Waals surface area contributed by atoms with E-state index < -0.39 is 6.10 Å². The van der Waals surface area contributed by atoms with Gasteiger partial charge in [0.2, 0.25) is 0 Å². The van der Waals surface area contributed by atoms with Gasteiger partial charge < -0.3 is 9.52 Å². The average molecular weight is 308 g/mol. The molecule has 3 rings (SSSR count). The van der Waals surface area contributed by atoms with E-state index in [4.69, 9.17) is 27.6 Å². The van der Waals surface area contributed by atoms with E-state index in [0.717, 1.165) is 16.5 Å². The molecule has 0 saturated heterocycles. The summed E-state index contributed by atoms with van der Waals surface area (Å²) in [6.07, 6.45) is 0.423. The lowest BCUT2D eigenvalue weighted by Crippen LogP contribution is -2.01. The van der Waals surface area contributed by atoms with Gasteiger partial charge in [-0.1, -0.05) is 41.4 Å². The lowest BCUT2D eigenvalue weighted by atomic mass is 10.1. The fourth-order valence-electron chi connectivity index (χ4n) is 2.12. The Morgan fingerprint density at radius 3 is 2.75 bits per heavy atom.